The van der Waals surface area contributed by atoms with Crippen LogP contribution < -0.4 is 5.32 Å². The first-order valence-electron chi connectivity index (χ1n) is 12.1. The summed E-state index contributed by atoms with van der Waals surface area (Å²) in [6, 6.07) is 16.0. The van der Waals surface area contributed by atoms with E-state index in [4.69, 9.17) is 5.26 Å². The van der Waals surface area contributed by atoms with Gasteiger partial charge in [0.05, 0.1) is 6.07 Å². The summed E-state index contributed by atoms with van der Waals surface area (Å²) in [6.45, 7) is 3.76. The minimum absolute atomic E-state index is 0.127. The zero-order valence-electron chi connectivity index (χ0n) is 21.1. The van der Waals surface area contributed by atoms with E-state index in [2.05, 4.69) is 25.9 Å². The maximum Gasteiger partial charge on any atom is 0.341 e. The number of aromatic nitrogens is 4. The van der Waals surface area contributed by atoms with E-state index in [0.29, 0.717) is 12.2 Å². The largest absolute Gasteiger partial charge is 0.479 e. The Morgan fingerprint density at radius 3 is 2.32 bits per heavy atom. The number of carboxylic acid groups (broad SMARTS) is 2. The maximum absolute atomic E-state index is 13.2. The summed E-state index contributed by atoms with van der Waals surface area (Å²) in [5, 5.41) is 44.9. The number of carboxylic acids is 2. The van der Waals surface area contributed by atoms with Gasteiger partial charge in [-0.05, 0) is 35.2 Å². The number of carbonyl (C=O) groups excluding carboxylic acids is 1. The number of carbonyl (C=O) groups is 3. The highest BCUT2D eigenvalue weighted by atomic mass is 16.4. The Labute approximate surface area is 219 Å². The number of aromatic amines is 1. The predicted molar refractivity (Wildman–Crippen MR) is 136 cm³/mol. The first kappa shape index (κ1) is 27.8. The average molecular weight is 520 g/mol. The zero-order valence-corrected chi connectivity index (χ0v) is 21.1. The van der Waals surface area contributed by atoms with E-state index in [1.807, 2.05) is 61.5 Å². The molecule has 3 rings (SSSR count). The second-order valence-electron chi connectivity index (χ2n) is 8.93. The summed E-state index contributed by atoms with van der Waals surface area (Å²) in [5.41, 5.74) is 0.710. The molecule has 3 aromatic rings. The van der Waals surface area contributed by atoms with Crippen molar-refractivity contribution in [2.24, 2.45) is 5.92 Å². The molecular formula is C26H29N7O5. The van der Waals surface area contributed by atoms with Crippen molar-refractivity contribution in [2.75, 3.05) is 6.54 Å². The van der Waals surface area contributed by atoms with Crippen molar-refractivity contribution in [3.05, 3.63) is 54.1 Å². The van der Waals surface area contributed by atoms with Crippen molar-refractivity contribution in [3.8, 4) is 28.6 Å². The summed E-state index contributed by atoms with van der Waals surface area (Å²) >= 11 is 0. The van der Waals surface area contributed by atoms with Gasteiger partial charge < -0.3 is 20.4 Å². The van der Waals surface area contributed by atoms with Gasteiger partial charge in [0.25, 0.3) is 0 Å². The Balaban J connectivity index is 1.84. The van der Waals surface area contributed by atoms with Crippen molar-refractivity contribution < 1.29 is 24.6 Å². The minimum Gasteiger partial charge on any atom is -0.479 e. The molecule has 0 saturated carbocycles. The number of tetrazole rings is 1. The number of H-pyrrole nitrogens is 1. The summed E-state index contributed by atoms with van der Waals surface area (Å²) in [6.07, 6.45) is 0.825. The standard InChI is InChI=1S/C26H29N7O5/c1-3-4-13-33(25(38)28-26(23(34)35,24(36)37)14-17(2)15-27)16-18-9-11-19(12-10-18)20-7-5-6-8-21(20)22-29-31-32-30-22/h5-12,17H,3-4,13-14,16H2,1-2H3,(H,28,38)(H,34,35)(H,36,37)(H,29,30,31,32). The van der Waals surface area contributed by atoms with E-state index in [9.17, 15) is 24.6 Å². The van der Waals surface area contributed by atoms with E-state index < -0.39 is 35.8 Å². The first-order chi connectivity index (χ1) is 18.2. The highest BCUT2D eigenvalue weighted by molar-refractivity contribution is 6.06. The lowest BCUT2D eigenvalue weighted by atomic mass is 9.88. The van der Waals surface area contributed by atoms with Gasteiger partial charge in [-0.25, -0.2) is 14.4 Å². The molecule has 1 aromatic heterocycles. The Hall–Kier alpha value is -4.79. The number of nitriles is 1. The van der Waals surface area contributed by atoms with E-state index >= 15 is 0 Å². The highest BCUT2D eigenvalue weighted by Gasteiger charge is 2.49. The van der Waals surface area contributed by atoms with Gasteiger partial charge >= 0.3 is 18.0 Å². The third kappa shape index (κ3) is 6.31. The summed E-state index contributed by atoms with van der Waals surface area (Å²) in [7, 11) is 0. The molecule has 2 amide bonds. The lowest BCUT2D eigenvalue weighted by Crippen LogP contribution is -2.63. The fourth-order valence-electron chi connectivity index (χ4n) is 4.01. The van der Waals surface area contributed by atoms with Gasteiger partial charge in [0.15, 0.2) is 0 Å². The number of hydrogen-bond donors (Lipinski definition) is 4. The van der Waals surface area contributed by atoms with Crippen LogP contribution in [0.2, 0.25) is 0 Å². The second-order valence-corrected chi connectivity index (χ2v) is 8.93. The van der Waals surface area contributed by atoms with E-state index in [-0.39, 0.29) is 13.1 Å². The van der Waals surface area contributed by atoms with Crippen molar-refractivity contribution in [2.45, 2.75) is 45.2 Å². The number of nitrogens with one attached hydrogen (secondary N) is 2. The van der Waals surface area contributed by atoms with Crippen molar-refractivity contribution in [1.82, 2.24) is 30.8 Å². The van der Waals surface area contributed by atoms with Crippen LogP contribution in [0, 0.1) is 17.2 Å². The Kier molecular flexibility index (Phi) is 9.10. The predicted octanol–water partition coefficient (Wildman–Crippen LogP) is 3.30. The van der Waals surface area contributed by atoms with Gasteiger partial charge in [-0.2, -0.15) is 10.5 Å². The van der Waals surface area contributed by atoms with Crippen LogP contribution in [0.5, 0.6) is 0 Å². The smallest absolute Gasteiger partial charge is 0.341 e. The van der Waals surface area contributed by atoms with Crippen LogP contribution in [0.1, 0.15) is 38.7 Å². The molecule has 0 aliphatic rings. The van der Waals surface area contributed by atoms with Crippen molar-refractivity contribution in [1.29, 1.82) is 5.26 Å². The number of rotatable bonds is 12. The highest BCUT2D eigenvalue weighted by Crippen LogP contribution is 2.30. The molecule has 1 heterocycles. The number of benzene rings is 2. The Morgan fingerprint density at radius 2 is 1.76 bits per heavy atom. The molecule has 0 aliphatic heterocycles. The normalized spacial score (nSPS) is 11.8. The van der Waals surface area contributed by atoms with Crippen molar-refractivity contribution in [3.63, 3.8) is 0 Å². The number of urea groups is 1. The van der Waals surface area contributed by atoms with E-state index in [1.165, 1.54) is 11.8 Å². The number of unbranched alkanes of at least 4 members (excludes halogenated alkanes) is 1. The van der Waals surface area contributed by atoms with Crippen LogP contribution in [0.15, 0.2) is 48.5 Å². The molecule has 198 valence electrons. The minimum atomic E-state index is -2.63. The Morgan fingerprint density at radius 1 is 1.11 bits per heavy atom. The van der Waals surface area contributed by atoms with Crippen LogP contribution in [0.3, 0.4) is 0 Å². The maximum atomic E-state index is 13.2. The molecule has 0 saturated heterocycles. The average Bonchev–Trinajstić information content (AvgIpc) is 3.45. The molecule has 0 bridgehead atoms. The molecule has 0 spiro atoms. The van der Waals surface area contributed by atoms with Crippen LogP contribution in [0.4, 0.5) is 4.79 Å². The molecular weight excluding hydrogens is 490 g/mol. The van der Waals surface area contributed by atoms with Crippen LogP contribution in [-0.2, 0) is 16.1 Å². The third-order valence-electron chi connectivity index (χ3n) is 6.10. The fraction of sp³-hybridized carbons (Fsp3) is 0.346. The van der Waals surface area contributed by atoms with Gasteiger partial charge in [-0.3, -0.25) is 0 Å². The second kappa shape index (κ2) is 12.4. The molecule has 4 N–H and O–H groups in total. The fourth-order valence-corrected chi connectivity index (χ4v) is 4.01. The molecule has 0 radical (unpaired) electrons. The van der Waals surface area contributed by atoms with Gasteiger partial charge in [0.2, 0.25) is 11.4 Å². The number of aliphatic carboxylic acids is 2. The van der Waals surface area contributed by atoms with Gasteiger partial charge in [0.1, 0.15) is 0 Å². The van der Waals surface area contributed by atoms with Gasteiger partial charge in [-0.1, -0.05) is 61.9 Å². The van der Waals surface area contributed by atoms with E-state index in [1.54, 1.807) is 0 Å². The lowest BCUT2D eigenvalue weighted by molar-refractivity contribution is -0.159. The Bertz CT molecular complexity index is 1290. The van der Waals surface area contributed by atoms with Crippen LogP contribution >= 0.6 is 0 Å². The van der Waals surface area contributed by atoms with Crippen LogP contribution in [0.25, 0.3) is 22.5 Å². The number of amides is 2. The number of hydrogen-bond acceptors (Lipinski definition) is 7. The molecule has 1 unspecified atom stereocenters. The number of nitrogens with zero attached hydrogens (tertiary/aromatic N) is 5. The third-order valence-corrected chi connectivity index (χ3v) is 6.10. The molecule has 12 heteroatoms. The topological polar surface area (TPSA) is 185 Å². The molecule has 12 nitrogen and oxygen atoms in total. The van der Waals surface area contributed by atoms with Crippen LogP contribution in [-0.4, -0.2) is 65.8 Å². The summed E-state index contributed by atoms with van der Waals surface area (Å²) < 4.78 is 0. The molecule has 38 heavy (non-hydrogen) atoms. The van der Waals surface area contributed by atoms with Crippen molar-refractivity contribution >= 4 is 18.0 Å². The first-order valence-corrected chi connectivity index (χ1v) is 12.1. The summed E-state index contributed by atoms with van der Waals surface area (Å²) in [5.74, 6) is -3.92. The molecule has 2 aromatic carbocycles. The monoisotopic (exact) mass is 519 g/mol. The quantitative estimate of drug-likeness (QED) is 0.260. The summed E-state index contributed by atoms with van der Waals surface area (Å²) in [4.78, 5) is 38.6. The molecule has 0 aliphatic carbocycles. The lowest BCUT2D eigenvalue weighted by Gasteiger charge is -2.31. The SMILES string of the molecule is CCCCN(Cc1ccc(-c2ccccc2-c2nn[nH]n2)cc1)C(=O)NC(CC(C)C#N)(C(=O)O)C(=O)O. The molecule has 1 atom stereocenters. The van der Waals surface area contributed by atoms with Gasteiger partial charge in [-0.15, -0.1) is 10.2 Å². The van der Waals surface area contributed by atoms with E-state index in [0.717, 1.165) is 28.7 Å². The van der Waals surface area contributed by atoms with Gasteiger partial charge in [0, 0.05) is 31.0 Å². The zero-order chi connectivity index (χ0) is 27.7. The molecule has 0 fully saturated rings.